The van der Waals surface area contributed by atoms with E-state index in [1.54, 1.807) is 4.68 Å². The van der Waals surface area contributed by atoms with E-state index < -0.39 is 6.09 Å². The van der Waals surface area contributed by atoms with E-state index in [4.69, 9.17) is 0 Å². The second-order valence-electron chi connectivity index (χ2n) is 3.36. The number of rotatable bonds is 1. The fraction of sp³-hybridized carbons (Fsp3) is 0.500. The topological polar surface area (TPSA) is 43.3 Å². The number of nitrogens with zero attached hydrogens (tertiary/aromatic N) is 1. The fourth-order valence-corrected chi connectivity index (χ4v) is 1.43. The summed E-state index contributed by atoms with van der Waals surface area (Å²) >= 11 is 0. The normalized spacial score (nSPS) is 10.1. The van der Waals surface area contributed by atoms with E-state index in [0.29, 0.717) is 0 Å². The van der Waals surface area contributed by atoms with E-state index in [1.165, 1.54) is 18.2 Å². The number of methoxy groups -OCH3 is 1. The minimum atomic E-state index is -0.453. The molecule has 0 unspecified atom stereocenters. The van der Waals surface area contributed by atoms with E-state index >= 15 is 0 Å². The summed E-state index contributed by atoms with van der Waals surface area (Å²) < 4.78 is 6.29. The molecule has 1 heterocycles. The summed E-state index contributed by atoms with van der Waals surface area (Å²) in [5, 5.41) is 0. The number of carbonyl (C=O) groups excluding carboxylic acids is 1. The Bertz CT molecular complexity index is 341. The second kappa shape index (κ2) is 3.74. The predicted octanol–water partition coefficient (Wildman–Crippen LogP) is 2.03. The van der Waals surface area contributed by atoms with Gasteiger partial charge in [0.25, 0.3) is 0 Å². The van der Waals surface area contributed by atoms with Gasteiger partial charge in [0.15, 0.2) is 0 Å². The van der Waals surface area contributed by atoms with Crippen LogP contribution in [0.4, 0.5) is 4.79 Å². The molecule has 1 rings (SSSR count). The second-order valence-corrected chi connectivity index (χ2v) is 3.36. The van der Waals surface area contributed by atoms with E-state index in [-0.39, 0.29) is 0 Å². The highest BCUT2D eigenvalue weighted by atomic mass is 16.5. The first-order valence-corrected chi connectivity index (χ1v) is 4.49. The molecule has 4 heteroatoms. The lowest BCUT2D eigenvalue weighted by molar-refractivity contribution is 0.183. The highest BCUT2D eigenvalue weighted by Gasteiger charge is 2.12. The van der Waals surface area contributed by atoms with Gasteiger partial charge < -0.3 is 4.74 Å². The molecular weight excluding hydrogens is 180 g/mol. The van der Waals surface area contributed by atoms with Crippen molar-refractivity contribution in [1.82, 2.24) is 4.68 Å². The maximum Gasteiger partial charge on any atom is 0.426 e. The molecule has 1 amide bonds. The van der Waals surface area contributed by atoms with Crippen LogP contribution in [0.15, 0.2) is 0 Å². The van der Waals surface area contributed by atoms with Crippen LogP contribution in [0.2, 0.25) is 0 Å². The molecule has 14 heavy (non-hydrogen) atoms. The van der Waals surface area contributed by atoms with Gasteiger partial charge in [-0.25, -0.2) is 10.2 Å². The van der Waals surface area contributed by atoms with Crippen LogP contribution in [0.5, 0.6) is 0 Å². The summed E-state index contributed by atoms with van der Waals surface area (Å²) in [5.41, 5.74) is 7.10. The van der Waals surface area contributed by atoms with Gasteiger partial charge in [0.05, 0.1) is 7.11 Å². The summed E-state index contributed by atoms with van der Waals surface area (Å²) in [7, 11) is 1.35. The highest BCUT2D eigenvalue weighted by Crippen LogP contribution is 2.18. The van der Waals surface area contributed by atoms with Gasteiger partial charge in [-0.2, -0.15) is 0 Å². The zero-order valence-corrected chi connectivity index (χ0v) is 9.26. The Morgan fingerprint density at radius 3 is 1.93 bits per heavy atom. The largest absolute Gasteiger partial charge is 0.452 e. The van der Waals surface area contributed by atoms with E-state index in [0.717, 1.165) is 11.4 Å². The molecule has 0 atom stereocenters. The van der Waals surface area contributed by atoms with Crippen molar-refractivity contribution in [3.8, 4) is 0 Å². The average molecular weight is 196 g/mol. The predicted molar refractivity (Wildman–Crippen MR) is 55.1 cm³/mol. The van der Waals surface area contributed by atoms with Crippen LogP contribution in [0.25, 0.3) is 0 Å². The van der Waals surface area contributed by atoms with Gasteiger partial charge in [0, 0.05) is 11.4 Å². The van der Waals surface area contributed by atoms with Gasteiger partial charge in [-0.05, 0) is 38.8 Å². The van der Waals surface area contributed by atoms with Gasteiger partial charge in [-0.15, -0.1) is 0 Å². The Morgan fingerprint density at radius 2 is 1.57 bits per heavy atom. The van der Waals surface area contributed by atoms with Crippen molar-refractivity contribution >= 4 is 6.09 Å². The van der Waals surface area contributed by atoms with E-state index in [9.17, 15) is 4.79 Å². The molecule has 78 valence electrons. The molecule has 0 saturated heterocycles. The number of amides is 1. The van der Waals surface area contributed by atoms with Gasteiger partial charge in [0.2, 0.25) is 0 Å². The lowest BCUT2D eigenvalue weighted by Crippen LogP contribution is -2.24. The van der Waals surface area contributed by atoms with Crippen molar-refractivity contribution in [2.75, 3.05) is 12.5 Å². The molecule has 1 aromatic heterocycles. The summed E-state index contributed by atoms with van der Waals surface area (Å²) in [6.07, 6.45) is -0.453. The molecule has 4 nitrogen and oxygen atoms in total. The van der Waals surface area contributed by atoms with Crippen molar-refractivity contribution in [1.29, 1.82) is 0 Å². The molecule has 0 bridgehead atoms. The van der Waals surface area contributed by atoms with E-state index in [1.807, 2.05) is 27.7 Å². The molecule has 0 aliphatic rings. The quantitative estimate of drug-likeness (QED) is 0.746. The lowest BCUT2D eigenvalue weighted by Gasteiger charge is -2.09. The zero-order chi connectivity index (χ0) is 10.9. The van der Waals surface area contributed by atoms with Crippen molar-refractivity contribution in [2.24, 2.45) is 0 Å². The summed E-state index contributed by atoms with van der Waals surface area (Å²) in [4.78, 5) is 11.1. The third-order valence-electron chi connectivity index (χ3n) is 2.71. The Hall–Kier alpha value is -1.45. The smallest absolute Gasteiger partial charge is 0.426 e. The Balaban J connectivity index is 3.09. The third-order valence-corrected chi connectivity index (χ3v) is 2.71. The maximum absolute atomic E-state index is 11.1. The van der Waals surface area contributed by atoms with Gasteiger partial charge in [-0.3, -0.25) is 4.68 Å². The zero-order valence-electron chi connectivity index (χ0n) is 9.26. The Morgan fingerprint density at radius 1 is 1.14 bits per heavy atom. The van der Waals surface area contributed by atoms with Crippen molar-refractivity contribution < 1.29 is 9.53 Å². The first kappa shape index (κ1) is 10.6. The van der Waals surface area contributed by atoms with Crippen LogP contribution in [-0.2, 0) is 4.74 Å². The van der Waals surface area contributed by atoms with E-state index in [2.05, 4.69) is 10.2 Å². The first-order valence-electron chi connectivity index (χ1n) is 4.49. The van der Waals surface area contributed by atoms with Crippen LogP contribution in [0.1, 0.15) is 22.5 Å². The minimum Gasteiger partial charge on any atom is -0.452 e. The molecule has 0 fully saturated rings. The molecule has 0 aliphatic heterocycles. The van der Waals surface area contributed by atoms with Crippen molar-refractivity contribution in [2.45, 2.75) is 27.7 Å². The number of aromatic nitrogens is 1. The molecule has 0 aromatic carbocycles. The highest BCUT2D eigenvalue weighted by molar-refractivity contribution is 5.76. The SMILES string of the molecule is COC(=O)Nn1c(C)c(C)c(C)c1C. The van der Waals surface area contributed by atoms with Crippen LogP contribution in [-0.4, -0.2) is 17.9 Å². The number of hydrogen-bond acceptors (Lipinski definition) is 2. The lowest BCUT2D eigenvalue weighted by atomic mass is 10.2. The molecule has 0 radical (unpaired) electrons. The summed E-state index contributed by atoms with van der Waals surface area (Å²) in [6.45, 7) is 8.00. The monoisotopic (exact) mass is 196 g/mol. The molecule has 0 spiro atoms. The van der Waals surface area contributed by atoms with Crippen LogP contribution < -0.4 is 5.43 Å². The van der Waals surface area contributed by atoms with Gasteiger partial charge in [0.1, 0.15) is 0 Å². The number of nitrogens with one attached hydrogen (secondary N) is 1. The molecular formula is C10H16N2O2. The third kappa shape index (κ3) is 1.60. The average Bonchev–Trinajstić information content (AvgIpc) is 2.35. The van der Waals surface area contributed by atoms with Gasteiger partial charge in [-0.1, -0.05) is 0 Å². The summed E-state index contributed by atoms with van der Waals surface area (Å²) in [5.74, 6) is 0. The number of hydrogen-bond donors (Lipinski definition) is 1. The molecule has 1 aromatic rings. The van der Waals surface area contributed by atoms with Gasteiger partial charge >= 0.3 is 6.09 Å². The van der Waals surface area contributed by atoms with Crippen molar-refractivity contribution in [3.05, 3.63) is 22.5 Å². The Kier molecular flexibility index (Phi) is 2.84. The van der Waals surface area contributed by atoms with Crippen molar-refractivity contribution in [3.63, 3.8) is 0 Å². The van der Waals surface area contributed by atoms with Crippen LogP contribution in [0, 0.1) is 27.7 Å². The minimum absolute atomic E-state index is 0.453. The fourth-order valence-electron chi connectivity index (χ4n) is 1.43. The summed E-state index contributed by atoms with van der Waals surface area (Å²) in [6, 6.07) is 0. The van der Waals surface area contributed by atoms with Crippen LogP contribution >= 0.6 is 0 Å². The molecule has 0 aliphatic carbocycles. The first-order chi connectivity index (χ1) is 6.49. The number of ether oxygens (including phenoxy) is 1. The van der Waals surface area contributed by atoms with Crippen LogP contribution in [0.3, 0.4) is 0 Å². The Labute approximate surface area is 83.8 Å². The molecule has 0 saturated carbocycles. The number of carbonyl (C=O) groups is 1. The molecule has 1 N–H and O–H groups in total. The maximum atomic E-state index is 11.1. The standard InChI is InChI=1S/C10H16N2O2/c1-6-7(2)9(4)12(8(6)3)11-10(13)14-5/h1-5H3,(H,11,13).